The van der Waals surface area contributed by atoms with Gasteiger partial charge in [0, 0.05) is 43.6 Å². The number of aromatic nitrogens is 4. The zero-order chi connectivity index (χ0) is 23.2. The van der Waals surface area contributed by atoms with Crippen molar-refractivity contribution < 1.29 is 9.47 Å². The van der Waals surface area contributed by atoms with E-state index in [0.717, 1.165) is 54.6 Å². The smallest absolute Gasteiger partial charge is 0.229 e. The minimum absolute atomic E-state index is 0.453. The van der Waals surface area contributed by atoms with E-state index in [-0.39, 0.29) is 0 Å². The summed E-state index contributed by atoms with van der Waals surface area (Å²) < 4.78 is 11.2. The van der Waals surface area contributed by atoms with Crippen molar-refractivity contribution in [2.75, 3.05) is 31.0 Å². The van der Waals surface area contributed by atoms with Gasteiger partial charge in [0.2, 0.25) is 5.95 Å². The van der Waals surface area contributed by atoms with Gasteiger partial charge in [-0.3, -0.25) is 9.97 Å². The molecule has 0 amide bonds. The standard InChI is InChI=1S/C26H26N6O2/c1-33-23-17-19(7-8-20(23)18-10-15-34-16-11-18)30-26-29-14-9-24(32-26)31-22-6-4-13-28-25(22)21-5-2-3-12-27-21/h2-9,12-14,17-18H,10-11,15-16H2,1H3,(H2,29,30,31,32). The summed E-state index contributed by atoms with van der Waals surface area (Å²) in [5.41, 5.74) is 4.43. The van der Waals surface area contributed by atoms with E-state index in [9.17, 15) is 0 Å². The van der Waals surface area contributed by atoms with Crippen LogP contribution in [0.2, 0.25) is 0 Å². The summed E-state index contributed by atoms with van der Waals surface area (Å²) in [6.07, 6.45) is 7.23. The molecule has 0 bridgehead atoms. The van der Waals surface area contributed by atoms with Crippen LogP contribution in [0.15, 0.2) is 73.2 Å². The van der Waals surface area contributed by atoms with E-state index in [4.69, 9.17) is 9.47 Å². The van der Waals surface area contributed by atoms with Gasteiger partial charge in [-0.1, -0.05) is 12.1 Å². The Kier molecular flexibility index (Phi) is 6.58. The summed E-state index contributed by atoms with van der Waals surface area (Å²) in [5.74, 6) is 2.44. The third-order valence-electron chi connectivity index (χ3n) is 5.78. The topological polar surface area (TPSA) is 94.1 Å². The fraction of sp³-hybridized carbons (Fsp3) is 0.231. The van der Waals surface area contributed by atoms with Gasteiger partial charge >= 0.3 is 0 Å². The summed E-state index contributed by atoms with van der Waals surface area (Å²) in [5, 5.41) is 6.63. The molecule has 1 saturated heterocycles. The van der Waals surface area contributed by atoms with Gasteiger partial charge in [-0.15, -0.1) is 0 Å². The van der Waals surface area contributed by atoms with Crippen molar-refractivity contribution >= 4 is 23.1 Å². The molecule has 4 heterocycles. The number of ether oxygens (including phenoxy) is 2. The third-order valence-corrected chi connectivity index (χ3v) is 5.78. The quantitative estimate of drug-likeness (QED) is 0.387. The molecule has 1 aromatic carbocycles. The van der Waals surface area contributed by atoms with Crippen LogP contribution >= 0.6 is 0 Å². The van der Waals surface area contributed by atoms with Crippen LogP contribution in [0.5, 0.6) is 5.75 Å². The van der Waals surface area contributed by atoms with Crippen molar-refractivity contribution in [1.82, 2.24) is 19.9 Å². The molecule has 1 fully saturated rings. The summed E-state index contributed by atoms with van der Waals surface area (Å²) in [6, 6.07) is 17.5. The van der Waals surface area contributed by atoms with Gasteiger partial charge in [0.15, 0.2) is 0 Å². The molecule has 5 rings (SSSR count). The maximum absolute atomic E-state index is 5.69. The SMILES string of the molecule is COc1cc(Nc2nccc(Nc3cccnc3-c3ccccn3)n2)ccc1C1CCOCC1. The van der Waals surface area contributed by atoms with Crippen LogP contribution in [0.3, 0.4) is 0 Å². The predicted octanol–water partition coefficient (Wildman–Crippen LogP) is 5.32. The van der Waals surface area contributed by atoms with Gasteiger partial charge in [-0.05, 0) is 60.7 Å². The first-order chi connectivity index (χ1) is 16.8. The molecule has 0 unspecified atom stereocenters. The summed E-state index contributed by atoms with van der Waals surface area (Å²) in [4.78, 5) is 17.9. The first kappa shape index (κ1) is 21.8. The fourth-order valence-electron chi connectivity index (χ4n) is 4.10. The lowest BCUT2D eigenvalue weighted by atomic mass is 9.91. The first-order valence-corrected chi connectivity index (χ1v) is 11.3. The Hall–Kier alpha value is -4.04. The Morgan fingerprint density at radius 3 is 2.59 bits per heavy atom. The van der Waals surface area contributed by atoms with Crippen LogP contribution < -0.4 is 15.4 Å². The lowest BCUT2D eigenvalue weighted by molar-refractivity contribution is 0.0848. The van der Waals surface area contributed by atoms with Crippen molar-refractivity contribution in [1.29, 1.82) is 0 Å². The largest absolute Gasteiger partial charge is 0.496 e. The molecule has 4 aromatic rings. The van der Waals surface area contributed by atoms with Crippen LogP contribution in [0, 0.1) is 0 Å². The van der Waals surface area contributed by atoms with Crippen LogP contribution in [-0.4, -0.2) is 40.3 Å². The Balaban J connectivity index is 1.35. The van der Waals surface area contributed by atoms with Gasteiger partial charge in [0.25, 0.3) is 0 Å². The van der Waals surface area contributed by atoms with Gasteiger partial charge in [-0.25, -0.2) is 4.98 Å². The number of rotatable bonds is 7. The van der Waals surface area contributed by atoms with E-state index in [1.54, 1.807) is 25.7 Å². The summed E-state index contributed by atoms with van der Waals surface area (Å²) in [7, 11) is 1.70. The average Bonchev–Trinajstić information content (AvgIpc) is 2.90. The minimum Gasteiger partial charge on any atom is -0.496 e. The highest BCUT2D eigenvalue weighted by molar-refractivity contribution is 5.75. The molecular weight excluding hydrogens is 428 g/mol. The molecule has 3 aromatic heterocycles. The second kappa shape index (κ2) is 10.3. The van der Waals surface area contributed by atoms with Crippen molar-refractivity contribution in [3.63, 3.8) is 0 Å². The van der Waals surface area contributed by atoms with Crippen molar-refractivity contribution in [3.05, 3.63) is 78.8 Å². The number of anilines is 4. The maximum Gasteiger partial charge on any atom is 0.229 e. The molecule has 0 atom stereocenters. The van der Waals surface area contributed by atoms with E-state index in [1.807, 2.05) is 48.5 Å². The van der Waals surface area contributed by atoms with E-state index in [0.29, 0.717) is 17.7 Å². The number of nitrogens with zero attached hydrogens (tertiary/aromatic N) is 4. The van der Waals surface area contributed by atoms with E-state index in [2.05, 4.69) is 36.6 Å². The maximum atomic E-state index is 5.69. The third kappa shape index (κ3) is 4.97. The predicted molar refractivity (Wildman–Crippen MR) is 132 cm³/mol. The van der Waals surface area contributed by atoms with Crippen molar-refractivity contribution in [2.24, 2.45) is 0 Å². The highest BCUT2D eigenvalue weighted by Crippen LogP contribution is 2.35. The number of hydrogen-bond acceptors (Lipinski definition) is 8. The van der Waals surface area contributed by atoms with Gasteiger partial charge in [0.05, 0.1) is 18.5 Å². The van der Waals surface area contributed by atoms with E-state index < -0.39 is 0 Å². The monoisotopic (exact) mass is 454 g/mol. The number of pyridine rings is 2. The van der Waals surface area contributed by atoms with E-state index in [1.165, 1.54) is 5.56 Å². The molecule has 1 aliphatic heterocycles. The normalized spacial score (nSPS) is 13.9. The highest BCUT2D eigenvalue weighted by Gasteiger charge is 2.20. The Bertz CT molecular complexity index is 1250. The number of hydrogen-bond donors (Lipinski definition) is 2. The van der Waals surface area contributed by atoms with Crippen LogP contribution in [0.1, 0.15) is 24.3 Å². The molecular formula is C26H26N6O2. The average molecular weight is 455 g/mol. The number of methoxy groups -OCH3 is 1. The van der Waals surface area contributed by atoms with Crippen LogP contribution in [0.4, 0.5) is 23.1 Å². The highest BCUT2D eigenvalue weighted by atomic mass is 16.5. The zero-order valence-electron chi connectivity index (χ0n) is 18.9. The molecule has 8 nitrogen and oxygen atoms in total. The Morgan fingerprint density at radius 1 is 0.882 bits per heavy atom. The second-order valence-electron chi connectivity index (χ2n) is 7.97. The zero-order valence-corrected chi connectivity index (χ0v) is 18.9. The van der Waals surface area contributed by atoms with Crippen LogP contribution in [0.25, 0.3) is 11.4 Å². The number of benzene rings is 1. The van der Waals surface area contributed by atoms with Crippen molar-refractivity contribution in [2.45, 2.75) is 18.8 Å². The molecule has 2 N–H and O–H groups in total. The van der Waals surface area contributed by atoms with Gasteiger partial charge < -0.3 is 20.1 Å². The summed E-state index contributed by atoms with van der Waals surface area (Å²) >= 11 is 0. The molecule has 0 spiro atoms. The molecule has 34 heavy (non-hydrogen) atoms. The van der Waals surface area contributed by atoms with E-state index >= 15 is 0 Å². The molecule has 172 valence electrons. The summed E-state index contributed by atoms with van der Waals surface area (Å²) in [6.45, 7) is 1.58. The Morgan fingerprint density at radius 2 is 1.76 bits per heavy atom. The molecule has 0 saturated carbocycles. The molecule has 8 heteroatoms. The van der Waals surface area contributed by atoms with Crippen LogP contribution in [-0.2, 0) is 4.74 Å². The minimum atomic E-state index is 0.453. The molecule has 1 aliphatic rings. The van der Waals surface area contributed by atoms with Gasteiger partial charge in [-0.2, -0.15) is 4.98 Å². The first-order valence-electron chi connectivity index (χ1n) is 11.3. The number of nitrogens with one attached hydrogen (secondary N) is 2. The van der Waals surface area contributed by atoms with Gasteiger partial charge in [0.1, 0.15) is 17.3 Å². The second-order valence-corrected chi connectivity index (χ2v) is 7.97. The molecule has 0 aliphatic carbocycles. The Labute approximate surface area is 198 Å². The van der Waals surface area contributed by atoms with Crippen molar-refractivity contribution in [3.8, 4) is 17.1 Å². The fourth-order valence-corrected chi connectivity index (χ4v) is 4.10. The lowest BCUT2D eigenvalue weighted by Gasteiger charge is -2.24. The lowest BCUT2D eigenvalue weighted by Crippen LogP contribution is -2.14. The molecule has 0 radical (unpaired) electrons.